The van der Waals surface area contributed by atoms with E-state index in [0.717, 1.165) is 27.0 Å². The number of halogens is 3. The van der Waals surface area contributed by atoms with Crippen LogP contribution in [0.5, 0.6) is 0 Å². The maximum Gasteiger partial charge on any atom is 0.249 e. The van der Waals surface area contributed by atoms with Gasteiger partial charge in [0.05, 0.1) is 12.2 Å². The van der Waals surface area contributed by atoms with Gasteiger partial charge in [0.2, 0.25) is 15.9 Å². The molecule has 0 aromatic heterocycles. The molecule has 0 saturated carbocycles. The number of nitrogens with one attached hydrogen (secondary N) is 1. The molecule has 0 unspecified atom stereocenters. The van der Waals surface area contributed by atoms with Crippen LogP contribution in [0.25, 0.3) is 0 Å². The van der Waals surface area contributed by atoms with E-state index in [2.05, 4.69) is 21.2 Å². The minimum Gasteiger partial charge on any atom is -0.324 e. The summed E-state index contributed by atoms with van der Waals surface area (Å²) in [6.45, 7) is 0.720. The first-order chi connectivity index (χ1) is 13.3. The molecule has 0 spiro atoms. The molecule has 1 heterocycles. The van der Waals surface area contributed by atoms with E-state index >= 15 is 0 Å². The van der Waals surface area contributed by atoms with Crippen molar-refractivity contribution in [2.75, 3.05) is 38.0 Å². The summed E-state index contributed by atoms with van der Waals surface area (Å²) in [6.07, 6.45) is 0. The van der Waals surface area contributed by atoms with Crippen molar-refractivity contribution in [1.82, 2.24) is 9.21 Å². The van der Waals surface area contributed by atoms with E-state index in [1.54, 1.807) is 23.1 Å². The largest absolute Gasteiger partial charge is 0.324 e. The van der Waals surface area contributed by atoms with Crippen molar-refractivity contribution in [2.45, 2.75) is 4.90 Å². The zero-order valence-electron chi connectivity index (χ0n) is 14.7. The lowest BCUT2D eigenvalue weighted by atomic mass is 10.3. The van der Waals surface area contributed by atoms with Crippen LogP contribution in [0.4, 0.5) is 14.5 Å². The van der Waals surface area contributed by atoms with Crippen molar-refractivity contribution in [3.8, 4) is 0 Å². The fourth-order valence-electron chi connectivity index (χ4n) is 2.94. The Morgan fingerprint density at radius 1 is 1.00 bits per heavy atom. The Labute approximate surface area is 170 Å². The molecule has 2 aromatic rings. The van der Waals surface area contributed by atoms with Crippen LogP contribution < -0.4 is 5.32 Å². The van der Waals surface area contributed by atoms with Crippen molar-refractivity contribution in [3.63, 3.8) is 0 Å². The second-order valence-electron chi connectivity index (χ2n) is 6.26. The molecule has 6 nitrogen and oxygen atoms in total. The average Bonchev–Trinajstić information content (AvgIpc) is 2.64. The number of benzene rings is 2. The van der Waals surface area contributed by atoms with E-state index < -0.39 is 26.6 Å². The van der Waals surface area contributed by atoms with E-state index in [9.17, 15) is 22.0 Å². The number of carbonyl (C=O) groups excluding carboxylic acids is 1. The summed E-state index contributed by atoms with van der Waals surface area (Å²) < 4.78 is 54.7. The van der Waals surface area contributed by atoms with E-state index in [1.807, 2.05) is 6.07 Å². The molecule has 1 N–H and O–H groups in total. The first-order valence-corrected chi connectivity index (χ1v) is 10.7. The van der Waals surface area contributed by atoms with Crippen molar-refractivity contribution in [1.29, 1.82) is 0 Å². The molecule has 3 rings (SSSR count). The lowest BCUT2D eigenvalue weighted by Gasteiger charge is -2.33. The molecular weight excluding hydrogens is 456 g/mol. The van der Waals surface area contributed by atoms with Crippen molar-refractivity contribution in [3.05, 3.63) is 58.6 Å². The zero-order valence-corrected chi connectivity index (χ0v) is 17.1. The highest BCUT2D eigenvalue weighted by Crippen LogP contribution is 2.24. The molecule has 0 bridgehead atoms. The Kier molecular flexibility index (Phi) is 6.43. The SMILES string of the molecule is O=C(CN1CCN(S(=O)(=O)c2c(F)cccc2F)CC1)Nc1ccccc1Br. The first kappa shape index (κ1) is 20.8. The lowest BCUT2D eigenvalue weighted by molar-refractivity contribution is -0.117. The number of hydrogen-bond donors (Lipinski definition) is 1. The van der Waals surface area contributed by atoms with Crippen LogP contribution in [0.15, 0.2) is 51.8 Å². The van der Waals surface area contributed by atoms with Crippen molar-refractivity contribution in [2.24, 2.45) is 0 Å². The summed E-state index contributed by atoms with van der Waals surface area (Å²) >= 11 is 3.35. The summed E-state index contributed by atoms with van der Waals surface area (Å²) in [5.41, 5.74) is 0.642. The van der Waals surface area contributed by atoms with Crippen LogP contribution in [0.3, 0.4) is 0 Å². The molecule has 1 fully saturated rings. The van der Waals surface area contributed by atoms with Gasteiger partial charge in [-0.3, -0.25) is 9.69 Å². The third-order valence-corrected chi connectivity index (χ3v) is 7.01. The van der Waals surface area contributed by atoms with Gasteiger partial charge in [-0.1, -0.05) is 18.2 Å². The van der Waals surface area contributed by atoms with Gasteiger partial charge in [-0.2, -0.15) is 4.31 Å². The minimum absolute atomic E-state index is 0.0401. The quantitative estimate of drug-likeness (QED) is 0.724. The maximum atomic E-state index is 13.9. The Hall–Kier alpha value is -1.88. The summed E-state index contributed by atoms with van der Waals surface area (Å²) in [7, 11) is -4.28. The molecule has 0 aliphatic carbocycles. The molecule has 28 heavy (non-hydrogen) atoms. The van der Waals surface area contributed by atoms with Crippen LogP contribution in [-0.4, -0.2) is 56.3 Å². The predicted octanol–water partition coefficient (Wildman–Crippen LogP) is 2.67. The number of piperazine rings is 1. The molecule has 1 aliphatic rings. The predicted molar refractivity (Wildman–Crippen MR) is 104 cm³/mol. The lowest BCUT2D eigenvalue weighted by Crippen LogP contribution is -2.50. The van der Waals surface area contributed by atoms with Gasteiger partial charge in [0.15, 0.2) is 4.90 Å². The van der Waals surface area contributed by atoms with Gasteiger partial charge in [0.1, 0.15) is 11.6 Å². The number of nitrogens with zero attached hydrogens (tertiary/aromatic N) is 2. The molecule has 150 valence electrons. The molecule has 1 saturated heterocycles. The molecule has 10 heteroatoms. The Morgan fingerprint density at radius 3 is 2.21 bits per heavy atom. The molecule has 1 amide bonds. The van der Waals surface area contributed by atoms with Gasteiger partial charge >= 0.3 is 0 Å². The maximum absolute atomic E-state index is 13.9. The van der Waals surface area contributed by atoms with Gasteiger partial charge in [0.25, 0.3) is 0 Å². The number of anilines is 1. The average molecular weight is 474 g/mol. The highest BCUT2D eigenvalue weighted by atomic mass is 79.9. The molecule has 2 aromatic carbocycles. The minimum atomic E-state index is -4.28. The van der Waals surface area contributed by atoms with Crippen molar-refractivity contribution < 1.29 is 22.0 Å². The second-order valence-corrected chi connectivity index (χ2v) is 8.99. The number of hydrogen-bond acceptors (Lipinski definition) is 4. The van der Waals surface area contributed by atoms with Crippen molar-refractivity contribution >= 4 is 37.5 Å². The summed E-state index contributed by atoms with van der Waals surface area (Å²) in [4.78, 5) is 13.1. The second kappa shape index (κ2) is 8.64. The molecule has 1 aliphatic heterocycles. The summed E-state index contributed by atoms with van der Waals surface area (Å²) in [5.74, 6) is -2.46. The van der Waals surface area contributed by atoms with E-state index in [-0.39, 0.29) is 38.6 Å². The van der Waals surface area contributed by atoms with E-state index in [4.69, 9.17) is 0 Å². The molecule has 0 radical (unpaired) electrons. The number of para-hydroxylation sites is 1. The van der Waals surface area contributed by atoms with Crippen LogP contribution >= 0.6 is 15.9 Å². The summed E-state index contributed by atoms with van der Waals surface area (Å²) in [6, 6.07) is 10.1. The highest BCUT2D eigenvalue weighted by Gasteiger charge is 2.33. The molecule has 0 atom stereocenters. The third kappa shape index (κ3) is 4.57. The van der Waals surface area contributed by atoms with Gasteiger partial charge in [-0.15, -0.1) is 0 Å². The number of sulfonamides is 1. The fourth-order valence-corrected chi connectivity index (χ4v) is 4.86. The van der Waals surface area contributed by atoms with Gasteiger partial charge in [-0.05, 0) is 40.2 Å². The van der Waals surface area contributed by atoms with Crippen LogP contribution in [0, 0.1) is 11.6 Å². The Bertz CT molecular complexity index is 960. The van der Waals surface area contributed by atoms with Gasteiger partial charge < -0.3 is 5.32 Å². The fraction of sp³-hybridized carbons (Fsp3) is 0.278. The normalized spacial score (nSPS) is 16.1. The number of amides is 1. The zero-order chi connectivity index (χ0) is 20.3. The standard InChI is InChI=1S/C18H18BrF2N3O3S/c19-13-4-1-2-7-16(13)22-17(25)12-23-8-10-24(11-9-23)28(26,27)18-14(20)5-3-6-15(18)21/h1-7H,8-12H2,(H,22,25). The van der Waals surface area contributed by atoms with E-state index in [1.165, 1.54) is 0 Å². The van der Waals surface area contributed by atoms with E-state index in [0.29, 0.717) is 5.69 Å². The first-order valence-electron chi connectivity index (χ1n) is 8.50. The van der Waals surface area contributed by atoms with Crippen LogP contribution in [0.2, 0.25) is 0 Å². The Balaban J connectivity index is 1.60. The number of carbonyl (C=O) groups is 1. The van der Waals surface area contributed by atoms with Crippen LogP contribution in [0.1, 0.15) is 0 Å². The third-order valence-electron chi connectivity index (χ3n) is 4.36. The summed E-state index contributed by atoms with van der Waals surface area (Å²) in [5, 5.41) is 2.78. The number of rotatable bonds is 5. The van der Waals surface area contributed by atoms with Gasteiger partial charge in [0, 0.05) is 30.7 Å². The highest BCUT2D eigenvalue weighted by molar-refractivity contribution is 9.10. The smallest absolute Gasteiger partial charge is 0.249 e. The molecular formula is C18H18BrF2N3O3S. The monoisotopic (exact) mass is 473 g/mol. The van der Waals surface area contributed by atoms with Crippen LogP contribution in [-0.2, 0) is 14.8 Å². The Morgan fingerprint density at radius 2 is 1.61 bits per heavy atom. The topological polar surface area (TPSA) is 69.7 Å². The van der Waals surface area contributed by atoms with Gasteiger partial charge in [-0.25, -0.2) is 17.2 Å².